The highest BCUT2D eigenvalue weighted by molar-refractivity contribution is 5.94. The van der Waals surface area contributed by atoms with E-state index in [1.807, 2.05) is 35.9 Å². The van der Waals surface area contributed by atoms with Crippen LogP contribution in [0.4, 0.5) is 8.78 Å². The van der Waals surface area contributed by atoms with Crippen molar-refractivity contribution in [2.75, 3.05) is 6.54 Å². The van der Waals surface area contributed by atoms with Crippen LogP contribution < -0.4 is 5.32 Å². The Hall–Kier alpha value is -2.76. The molecule has 2 aromatic heterocycles. The van der Waals surface area contributed by atoms with E-state index in [1.165, 1.54) is 6.07 Å². The van der Waals surface area contributed by atoms with Gasteiger partial charge in [0.15, 0.2) is 0 Å². The zero-order valence-electron chi connectivity index (χ0n) is 12.5. The number of carbonyl (C=O) groups is 1. The summed E-state index contributed by atoms with van der Waals surface area (Å²) in [6.07, 6.45) is 4.25. The Morgan fingerprint density at radius 1 is 1.26 bits per heavy atom. The molecule has 1 amide bonds. The molecule has 6 heteroatoms. The summed E-state index contributed by atoms with van der Waals surface area (Å²) in [6, 6.07) is 7.27. The van der Waals surface area contributed by atoms with Gasteiger partial charge >= 0.3 is 0 Å². The number of benzene rings is 1. The van der Waals surface area contributed by atoms with Gasteiger partial charge in [-0.1, -0.05) is 6.07 Å². The quantitative estimate of drug-likeness (QED) is 0.805. The number of imidazole rings is 1. The molecule has 3 rings (SSSR count). The molecule has 23 heavy (non-hydrogen) atoms. The standard InChI is InChI=1S/C17H15F2N3O/c1-11-6-8-22-10-12(21-15(22)9-11)5-7-20-17(23)16-13(18)3-2-4-14(16)19/h2-4,6,8-10H,5,7H2,1H3,(H,20,23). The first-order valence-corrected chi connectivity index (χ1v) is 7.21. The number of nitrogens with zero attached hydrogens (tertiary/aromatic N) is 2. The number of nitrogens with one attached hydrogen (secondary N) is 1. The fraction of sp³-hybridized carbons (Fsp3) is 0.176. The summed E-state index contributed by atoms with van der Waals surface area (Å²) in [4.78, 5) is 16.3. The number of halogens is 2. The van der Waals surface area contributed by atoms with Crippen LogP contribution >= 0.6 is 0 Å². The fourth-order valence-electron chi connectivity index (χ4n) is 2.36. The first kappa shape index (κ1) is 15.1. The molecule has 0 atom stereocenters. The molecular formula is C17H15F2N3O. The first-order valence-electron chi connectivity index (χ1n) is 7.21. The highest BCUT2D eigenvalue weighted by Crippen LogP contribution is 2.12. The van der Waals surface area contributed by atoms with Crippen LogP contribution in [-0.2, 0) is 6.42 Å². The Morgan fingerprint density at radius 3 is 2.74 bits per heavy atom. The van der Waals surface area contributed by atoms with Crippen LogP contribution in [0.3, 0.4) is 0 Å². The number of aryl methyl sites for hydroxylation is 1. The summed E-state index contributed by atoms with van der Waals surface area (Å²) in [7, 11) is 0. The Morgan fingerprint density at radius 2 is 2.00 bits per heavy atom. The van der Waals surface area contributed by atoms with Crippen LogP contribution in [0.2, 0.25) is 0 Å². The minimum atomic E-state index is -0.870. The van der Waals surface area contributed by atoms with Crippen molar-refractivity contribution in [1.29, 1.82) is 0 Å². The molecule has 0 bridgehead atoms. The molecule has 2 heterocycles. The second kappa shape index (κ2) is 6.16. The molecule has 0 aliphatic rings. The summed E-state index contributed by atoms with van der Waals surface area (Å²) in [5.41, 5.74) is 2.17. The van der Waals surface area contributed by atoms with Crippen LogP contribution in [0, 0.1) is 18.6 Å². The summed E-state index contributed by atoms with van der Waals surface area (Å²) in [6.45, 7) is 2.23. The molecule has 118 valence electrons. The SMILES string of the molecule is Cc1ccn2cc(CCNC(=O)c3c(F)cccc3F)nc2c1. The van der Waals surface area contributed by atoms with Gasteiger partial charge < -0.3 is 9.72 Å². The van der Waals surface area contributed by atoms with E-state index in [4.69, 9.17) is 0 Å². The van der Waals surface area contributed by atoms with Crippen molar-refractivity contribution in [2.24, 2.45) is 0 Å². The maximum Gasteiger partial charge on any atom is 0.257 e. The normalized spacial score (nSPS) is 10.9. The number of amides is 1. The topological polar surface area (TPSA) is 46.4 Å². The van der Waals surface area contributed by atoms with Gasteiger partial charge in [-0.05, 0) is 36.8 Å². The molecule has 3 aromatic rings. The largest absolute Gasteiger partial charge is 0.351 e. The predicted molar refractivity (Wildman–Crippen MR) is 82.3 cm³/mol. The van der Waals surface area contributed by atoms with Gasteiger partial charge in [-0.25, -0.2) is 13.8 Å². The van der Waals surface area contributed by atoms with Crippen molar-refractivity contribution in [3.8, 4) is 0 Å². The van der Waals surface area contributed by atoms with E-state index in [1.54, 1.807) is 0 Å². The molecule has 0 unspecified atom stereocenters. The lowest BCUT2D eigenvalue weighted by Crippen LogP contribution is -2.27. The first-order chi connectivity index (χ1) is 11.0. The lowest BCUT2D eigenvalue weighted by Gasteiger charge is -2.06. The number of rotatable bonds is 4. The number of hydrogen-bond acceptors (Lipinski definition) is 2. The highest BCUT2D eigenvalue weighted by Gasteiger charge is 2.16. The van der Waals surface area contributed by atoms with Crippen LogP contribution in [0.15, 0.2) is 42.7 Å². The minimum absolute atomic E-state index is 0.246. The van der Waals surface area contributed by atoms with Crippen LogP contribution in [-0.4, -0.2) is 21.8 Å². The predicted octanol–water partition coefficient (Wildman–Crippen LogP) is 2.89. The van der Waals surface area contributed by atoms with E-state index in [9.17, 15) is 13.6 Å². The number of carbonyl (C=O) groups excluding carboxylic acids is 1. The number of pyridine rings is 1. The smallest absolute Gasteiger partial charge is 0.257 e. The van der Waals surface area contributed by atoms with Crippen LogP contribution in [0.5, 0.6) is 0 Å². The van der Waals surface area contributed by atoms with Gasteiger partial charge in [0.2, 0.25) is 0 Å². The lowest BCUT2D eigenvalue weighted by atomic mass is 10.2. The molecule has 0 spiro atoms. The summed E-state index contributed by atoms with van der Waals surface area (Å²) in [5, 5.41) is 2.52. The lowest BCUT2D eigenvalue weighted by molar-refractivity contribution is 0.0945. The fourth-order valence-corrected chi connectivity index (χ4v) is 2.36. The van der Waals surface area contributed by atoms with E-state index < -0.39 is 23.1 Å². The molecule has 1 N–H and O–H groups in total. The van der Waals surface area contributed by atoms with Crippen molar-refractivity contribution in [2.45, 2.75) is 13.3 Å². The molecular weight excluding hydrogens is 300 g/mol. The molecule has 0 fully saturated rings. The Bertz CT molecular complexity index is 853. The maximum atomic E-state index is 13.5. The Labute approximate surface area is 131 Å². The molecule has 4 nitrogen and oxygen atoms in total. The van der Waals surface area contributed by atoms with Gasteiger partial charge in [-0.15, -0.1) is 0 Å². The molecule has 1 aromatic carbocycles. The van der Waals surface area contributed by atoms with Crippen molar-refractivity contribution in [1.82, 2.24) is 14.7 Å². The van der Waals surface area contributed by atoms with E-state index >= 15 is 0 Å². The van der Waals surface area contributed by atoms with Gasteiger partial charge in [0, 0.05) is 25.4 Å². The third-order valence-corrected chi connectivity index (χ3v) is 3.52. The maximum absolute atomic E-state index is 13.5. The van der Waals surface area contributed by atoms with Crippen molar-refractivity contribution < 1.29 is 13.6 Å². The van der Waals surface area contributed by atoms with E-state index in [0.717, 1.165) is 29.0 Å². The zero-order valence-corrected chi connectivity index (χ0v) is 12.5. The third kappa shape index (κ3) is 3.21. The monoisotopic (exact) mass is 315 g/mol. The van der Waals surface area contributed by atoms with Gasteiger partial charge in [-0.2, -0.15) is 0 Å². The molecule has 0 aliphatic carbocycles. The molecule has 0 saturated heterocycles. The second-order valence-electron chi connectivity index (χ2n) is 5.30. The van der Waals surface area contributed by atoms with Crippen molar-refractivity contribution in [3.63, 3.8) is 0 Å². The molecule has 0 saturated carbocycles. The van der Waals surface area contributed by atoms with Gasteiger partial charge in [0.05, 0.1) is 5.69 Å². The molecule has 0 aliphatic heterocycles. The Balaban J connectivity index is 1.65. The summed E-state index contributed by atoms with van der Waals surface area (Å²) >= 11 is 0. The van der Waals surface area contributed by atoms with Crippen LogP contribution in [0.25, 0.3) is 5.65 Å². The average Bonchev–Trinajstić information content (AvgIpc) is 2.88. The summed E-state index contributed by atoms with van der Waals surface area (Å²) in [5.74, 6) is -2.50. The second-order valence-corrected chi connectivity index (χ2v) is 5.30. The number of fused-ring (bicyclic) bond motifs is 1. The average molecular weight is 315 g/mol. The third-order valence-electron chi connectivity index (χ3n) is 3.52. The number of hydrogen-bond donors (Lipinski definition) is 1. The number of aromatic nitrogens is 2. The van der Waals surface area contributed by atoms with E-state index in [0.29, 0.717) is 6.42 Å². The van der Waals surface area contributed by atoms with E-state index in [-0.39, 0.29) is 6.54 Å². The zero-order chi connectivity index (χ0) is 16.4. The van der Waals surface area contributed by atoms with Crippen LogP contribution in [0.1, 0.15) is 21.6 Å². The highest BCUT2D eigenvalue weighted by atomic mass is 19.1. The molecule has 0 radical (unpaired) electrons. The van der Waals surface area contributed by atoms with E-state index in [2.05, 4.69) is 10.3 Å². The van der Waals surface area contributed by atoms with Crippen molar-refractivity contribution in [3.05, 3.63) is 71.2 Å². The Kier molecular flexibility index (Phi) is 4.06. The minimum Gasteiger partial charge on any atom is -0.351 e. The summed E-state index contributed by atoms with van der Waals surface area (Å²) < 4.78 is 28.9. The van der Waals surface area contributed by atoms with Crippen molar-refractivity contribution >= 4 is 11.6 Å². The van der Waals surface area contributed by atoms with Gasteiger partial charge in [0.25, 0.3) is 5.91 Å². The van der Waals surface area contributed by atoms with Gasteiger partial charge in [0.1, 0.15) is 22.8 Å². The van der Waals surface area contributed by atoms with Gasteiger partial charge in [-0.3, -0.25) is 4.79 Å².